The molecular weight excluding hydrogens is 140 g/mol. The lowest BCUT2D eigenvalue weighted by Gasteiger charge is -1.91. The summed E-state index contributed by atoms with van der Waals surface area (Å²) in [6, 6.07) is 0. The molecule has 0 atom stereocenters. The SMILES string of the molecule is CC(C)CO.OC1CCCC1. The van der Waals surface area contributed by atoms with E-state index in [0.717, 1.165) is 12.8 Å². The van der Waals surface area contributed by atoms with Crippen LogP contribution in [0.3, 0.4) is 0 Å². The Bertz CT molecular complexity index is 75.6. The van der Waals surface area contributed by atoms with Crippen molar-refractivity contribution in [2.45, 2.75) is 45.6 Å². The highest BCUT2D eigenvalue weighted by atomic mass is 16.3. The lowest BCUT2D eigenvalue weighted by Crippen LogP contribution is -1.94. The van der Waals surface area contributed by atoms with Gasteiger partial charge in [0, 0.05) is 6.61 Å². The maximum absolute atomic E-state index is 8.73. The molecule has 0 aromatic rings. The summed E-state index contributed by atoms with van der Waals surface area (Å²) in [6.45, 7) is 4.25. The van der Waals surface area contributed by atoms with Gasteiger partial charge >= 0.3 is 0 Å². The van der Waals surface area contributed by atoms with Crippen molar-refractivity contribution >= 4 is 0 Å². The quantitative estimate of drug-likeness (QED) is 0.611. The van der Waals surface area contributed by atoms with E-state index in [1.807, 2.05) is 13.8 Å². The molecule has 0 aromatic heterocycles. The predicted octanol–water partition coefficient (Wildman–Crippen LogP) is 1.56. The first-order chi connectivity index (χ1) is 5.16. The number of hydrogen-bond donors (Lipinski definition) is 2. The molecule has 1 aliphatic rings. The molecule has 0 spiro atoms. The molecule has 1 rings (SSSR count). The fraction of sp³-hybridized carbons (Fsp3) is 1.00. The topological polar surface area (TPSA) is 40.5 Å². The number of aliphatic hydroxyl groups excluding tert-OH is 2. The lowest BCUT2D eigenvalue weighted by molar-refractivity contribution is 0.183. The van der Waals surface area contributed by atoms with Crippen LogP contribution in [0.2, 0.25) is 0 Å². The summed E-state index contributed by atoms with van der Waals surface area (Å²) in [5.41, 5.74) is 0. The summed E-state index contributed by atoms with van der Waals surface area (Å²) in [6.07, 6.45) is 4.60. The second kappa shape index (κ2) is 6.62. The van der Waals surface area contributed by atoms with Crippen molar-refractivity contribution < 1.29 is 10.2 Å². The minimum Gasteiger partial charge on any atom is -0.396 e. The van der Waals surface area contributed by atoms with Crippen LogP contribution in [0.5, 0.6) is 0 Å². The second-order valence-corrected chi connectivity index (χ2v) is 3.51. The van der Waals surface area contributed by atoms with Crippen LogP contribution in [0, 0.1) is 5.92 Å². The van der Waals surface area contributed by atoms with Gasteiger partial charge in [-0.15, -0.1) is 0 Å². The summed E-state index contributed by atoms with van der Waals surface area (Å²) in [4.78, 5) is 0. The summed E-state index contributed by atoms with van der Waals surface area (Å²) >= 11 is 0. The Labute approximate surface area is 69.2 Å². The largest absolute Gasteiger partial charge is 0.396 e. The van der Waals surface area contributed by atoms with Gasteiger partial charge in [0.1, 0.15) is 0 Å². The predicted molar refractivity (Wildman–Crippen MR) is 46.4 cm³/mol. The highest BCUT2D eigenvalue weighted by molar-refractivity contribution is 4.63. The molecule has 0 bridgehead atoms. The molecule has 2 heteroatoms. The van der Waals surface area contributed by atoms with E-state index in [1.165, 1.54) is 12.8 Å². The maximum Gasteiger partial charge on any atom is 0.0540 e. The van der Waals surface area contributed by atoms with Gasteiger partial charge < -0.3 is 10.2 Å². The maximum atomic E-state index is 8.73. The molecule has 11 heavy (non-hydrogen) atoms. The Morgan fingerprint density at radius 1 is 1.27 bits per heavy atom. The Hall–Kier alpha value is -0.0800. The van der Waals surface area contributed by atoms with E-state index < -0.39 is 0 Å². The van der Waals surface area contributed by atoms with Gasteiger partial charge in [0.2, 0.25) is 0 Å². The third kappa shape index (κ3) is 7.82. The minimum absolute atomic E-state index is 0.0463. The van der Waals surface area contributed by atoms with Gasteiger partial charge in [-0.2, -0.15) is 0 Å². The third-order valence-electron chi connectivity index (χ3n) is 1.69. The van der Waals surface area contributed by atoms with Gasteiger partial charge in [-0.05, 0) is 18.8 Å². The van der Waals surface area contributed by atoms with E-state index >= 15 is 0 Å². The first-order valence-electron chi connectivity index (χ1n) is 4.45. The Morgan fingerprint density at radius 2 is 1.64 bits per heavy atom. The van der Waals surface area contributed by atoms with Gasteiger partial charge in [-0.1, -0.05) is 26.7 Å². The summed E-state index contributed by atoms with van der Waals surface area (Å²) < 4.78 is 0. The Kier molecular flexibility index (Phi) is 6.57. The molecule has 0 radical (unpaired) electrons. The number of rotatable bonds is 1. The van der Waals surface area contributed by atoms with Gasteiger partial charge in [-0.3, -0.25) is 0 Å². The zero-order valence-corrected chi connectivity index (χ0v) is 7.58. The zero-order valence-electron chi connectivity index (χ0n) is 7.58. The molecule has 0 aliphatic heterocycles. The molecule has 68 valence electrons. The van der Waals surface area contributed by atoms with Crippen molar-refractivity contribution in [1.29, 1.82) is 0 Å². The van der Waals surface area contributed by atoms with Crippen LogP contribution in [-0.2, 0) is 0 Å². The van der Waals surface area contributed by atoms with Crippen LogP contribution in [0.15, 0.2) is 0 Å². The van der Waals surface area contributed by atoms with Crippen molar-refractivity contribution in [3.05, 3.63) is 0 Å². The fourth-order valence-corrected chi connectivity index (χ4v) is 0.904. The van der Waals surface area contributed by atoms with Crippen LogP contribution in [0.1, 0.15) is 39.5 Å². The smallest absolute Gasteiger partial charge is 0.0540 e. The van der Waals surface area contributed by atoms with E-state index in [1.54, 1.807) is 0 Å². The normalized spacial score (nSPS) is 18.3. The standard InChI is InChI=1S/C5H10O.C4H10O/c6-5-3-1-2-4-5;1-4(2)3-5/h5-6H,1-4H2;4-5H,3H2,1-2H3. The fourth-order valence-electron chi connectivity index (χ4n) is 0.904. The average Bonchev–Trinajstić information content (AvgIpc) is 2.41. The van der Waals surface area contributed by atoms with Crippen LogP contribution in [-0.4, -0.2) is 22.9 Å². The lowest BCUT2D eigenvalue weighted by atomic mass is 10.2. The van der Waals surface area contributed by atoms with Gasteiger partial charge in [0.25, 0.3) is 0 Å². The average molecular weight is 160 g/mol. The minimum atomic E-state index is 0.0463. The molecular formula is C9H20O2. The molecule has 1 fully saturated rings. The van der Waals surface area contributed by atoms with Crippen molar-refractivity contribution in [2.24, 2.45) is 5.92 Å². The van der Waals surface area contributed by atoms with E-state index in [0.29, 0.717) is 12.5 Å². The van der Waals surface area contributed by atoms with E-state index in [-0.39, 0.29) is 6.10 Å². The van der Waals surface area contributed by atoms with Crippen LogP contribution >= 0.6 is 0 Å². The second-order valence-electron chi connectivity index (χ2n) is 3.51. The van der Waals surface area contributed by atoms with Gasteiger partial charge in [0.05, 0.1) is 6.10 Å². The third-order valence-corrected chi connectivity index (χ3v) is 1.69. The molecule has 0 saturated heterocycles. The van der Waals surface area contributed by atoms with E-state index in [2.05, 4.69) is 0 Å². The molecule has 0 amide bonds. The van der Waals surface area contributed by atoms with Crippen LogP contribution in [0.4, 0.5) is 0 Å². The molecule has 1 saturated carbocycles. The molecule has 1 aliphatic carbocycles. The van der Waals surface area contributed by atoms with E-state index in [4.69, 9.17) is 10.2 Å². The number of hydrogen-bond acceptors (Lipinski definition) is 2. The van der Waals surface area contributed by atoms with Crippen LogP contribution < -0.4 is 0 Å². The van der Waals surface area contributed by atoms with Crippen molar-refractivity contribution in [2.75, 3.05) is 6.61 Å². The Balaban J connectivity index is 0.000000187. The summed E-state index contributed by atoms with van der Waals surface area (Å²) in [5, 5.41) is 16.9. The van der Waals surface area contributed by atoms with Crippen LogP contribution in [0.25, 0.3) is 0 Å². The van der Waals surface area contributed by atoms with Crippen molar-refractivity contribution in [3.8, 4) is 0 Å². The monoisotopic (exact) mass is 160 g/mol. The highest BCUT2D eigenvalue weighted by Gasteiger charge is 2.09. The summed E-state index contributed by atoms with van der Waals surface area (Å²) in [7, 11) is 0. The summed E-state index contributed by atoms with van der Waals surface area (Å²) in [5.74, 6) is 0.440. The van der Waals surface area contributed by atoms with Crippen molar-refractivity contribution in [1.82, 2.24) is 0 Å². The first-order valence-corrected chi connectivity index (χ1v) is 4.45. The molecule has 2 N–H and O–H groups in total. The van der Waals surface area contributed by atoms with E-state index in [9.17, 15) is 0 Å². The molecule has 0 unspecified atom stereocenters. The molecule has 0 aromatic carbocycles. The van der Waals surface area contributed by atoms with Gasteiger partial charge in [0.15, 0.2) is 0 Å². The highest BCUT2D eigenvalue weighted by Crippen LogP contribution is 2.16. The molecule has 2 nitrogen and oxygen atoms in total. The number of aliphatic hydroxyl groups is 2. The van der Waals surface area contributed by atoms with Crippen molar-refractivity contribution in [3.63, 3.8) is 0 Å². The Morgan fingerprint density at radius 3 is 1.73 bits per heavy atom. The first kappa shape index (κ1) is 10.9. The molecule has 0 heterocycles. The van der Waals surface area contributed by atoms with Gasteiger partial charge in [-0.25, -0.2) is 0 Å². The zero-order chi connectivity index (χ0) is 8.69.